The quantitative estimate of drug-likeness (QED) is 0.556. The molecular formula is C19H16F6O3. The summed E-state index contributed by atoms with van der Waals surface area (Å²) in [6, 6.07) is 9.88. The molecule has 0 fully saturated rings. The van der Waals surface area contributed by atoms with Crippen LogP contribution in [-0.4, -0.2) is 18.5 Å². The molecular weight excluding hydrogens is 390 g/mol. The van der Waals surface area contributed by atoms with Crippen molar-refractivity contribution in [1.82, 2.24) is 0 Å². The van der Waals surface area contributed by atoms with Gasteiger partial charge in [0, 0.05) is 11.8 Å². The molecule has 2 atom stereocenters. The van der Waals surface area contributed by atoms with Crippen molar-refractivity contribution in [3.8, 4) is 11.5 Å². The third kappa shape index (κ3) is 6.17. The van der Waals surface area contributed by atoms with E-state index in [1.807, 2.05) is 0 Å². The Hall–Kier alpha value is -2.71. The average molecular weight is 406 g/mol. The normalized spacial score (nSPS) is 14.3. The molecule has 9 heteroatoms. The summed E-state index contributed by atoms with van der Waals surface area (Å²) in [6.45, 7) is 3.19. The number of hydrogen-bond donors (Lipinski definition) is 0. The molecule has 0 N–H and O–H groups in total. The van der Waals surface area contributed by atoms with E-state index in [9.17, 15) is 31.1 Å². The molecule has 2 rings (SSSR count). The fraction of sp³-hybridized carbons (Fsp3) is 0.316. The van der Waals surface area contributed by atoms with Crippen LogP contribution in [0, 0.1) is 0 Å². The second-order valence-electron chi connectivity index (χ2n) is 6.08. The van der Waals surface area contributed by atoms with Gasteiger partial charge in [-0.05, 0) is 35.4 Å². The Labute approximate surface area is 156 Å². The maximum atomic E-state index is 12.6. The van der Waals surface area contributed by atoms with Crippen molar-refractivity contribution < 1.29 is 40.6 Å². The summed E-state index contributed by atoms with van der Waals surface area (Å²) in [5.74, 6) is -2.32. The van der Waals surface area contributed by atoms with Gasteiger partial charge >= 0.3 is 12.7 Å². The average Bonchev–Trinajstić information content (AvgIpc) is 2.58. The summed E-state index contributed by atoms with van der Waals surface area (Å²) in [5.41, 5.74) is 0.979. The van der Waals surface area contributed by atoms with E-state index in [1.165, 1.54) is 24.3 Å². The first-order valence-corrected chi connectivity index (χ1v) is 8.11. The molecule has 3 nitrogen and oxygen atoms in total. The van der Waals surface area contributed by atoms with Crippen molar-refractivity contribution >= 4 is 5.78 Å². The fourth-order valence-corrected chi connectivity index (χ4v) is 2.62. The van der Waals surface area contributed by atoms with Crippen LogP contribution >= 0.6 is 0 Å². The van der Waals surface area contributed by atoms with E-state index in [0.29, 0.717) is 11.1 Å². The number of alkyl halides is 6. The molecule has 0 aliphatic carbocycles. The zero-order valence-electron chi connectivity index (χ0n) is 14.8. The molecule has 0 aliphatic heterocycles. The van der Waals surface area contributed by atoms with E-state index in [-0.39, 0.29) is 5.78 Å². The molecule has 0 radical (unpaired) electrons. The van der Waals surface area contributed by atoms with Gasteiger partial charge in [0.2, 0.25) is 0 Å². The lowest BCUT2D eigenvalue weighted by Gasteiger charge is -2.18. The van der Waals surface area contributed by atoms with E-state index in [0.717, 1.165) is 24.3 Å². The largest absolute Gasteiger partial charge is 0.573 e. The van der Waals surface area contributed by atoms with Gasteiger partial charge in [-0.2, -0.15) is 0 Å². The van der Waals surface area contributed by atoms with Crippen molar-refractivity contribution in [2.45, 2.75) is 38.4 Å². The zero-order valence-corrected chi connectivity index (χ0v) is 14.8. The van der Waals surface area contributed by atoms with Gasteiger partial charge in [0.15, 0.2) is 0 Å². The van der Waals surface area contributed by atoms with Crippen LogP contribution in [0.25, 0.3) is 0 Å². The number of halogens is 6. The molecule has 0 bridgehead atoms. The lowest BCUT2D eigenvalue weighted by Crippen LogP contribution is -2.18. The van der Waals surface area contributed by atoms with E-state index < -0.39 is 36.1 Å². The van der Waals surface area contributed by atoms with E-state index >= 15 is 0 Å². The molecule has 2 aromatic carbocycles. The Morgan fingerprint density at radius 3 is 1.21 bits per heavy atom. The highest BCUT2D eigenvalue weighted by Crippen LogP contribution is 2.30. The molecule has 0 amide bonds. The van der Waals surface area contributed by atoms with Gasteiger partial charge in [0.05, 0.1) is 0 Å². The third-order valence-electron chi connectivity index (χ3n) is 4.08. The second-order valence-corrected chi connectivity index (χ2v) is 6.08. The summed E-state index contributed by atoms with van der Waals surface area (Å²) in [6.07, 6.45) is -9.61. The van der Waals surface area contributed by atoms with E-state index in [1.54, 1.807) is 13.8 Å². The van der Waals surface area contributed by atoms with Crippen LogP contribution in [0.15, 0.2) is 48.5 Å². The van der Waals surface area contributed by atoms with Gasteiger partial charge in [-0.3, -0.25) is 4.79 Å². The van der Waals surface area contributed by atoms with Crippen molar-refractivity contribution in [3.05, 3.63) is 59.7 Å². The highest BCUT2D eigenvalue weighted by Gasteiger charge is 2.32. The number of hydrogen-bond acceptors (Lipinski definition) is 3. The Balaban J connectivity index is 2.07. The van der Waals surface area contributed by atoms with Crippen molar-refractivity contribution in [1.29, 1.82) is 0 Å². The Bertz CT molecular complexity index is 727. The van der Waals surface area contributed by atoms with Gasteiger partial charge in [-0.25, -0.2) is 0 Å². The number of Topliss-reactive ketones (excluding diaryl/α,β-unsaturated/α-hetero) is 1. The molecule has 0 spiro atoms. The lowest BCUT2D eigenvalue weighted by molar-refractivity contribution is -0.275. The van der Waals surface area contributed by atoms with Crippen molar-refractivity contribution in [2.75, 3.05) is 0 Å². The third-order valence-corrected chi connectivity index (χ3v) is 4.08. The number of carbonyl (C=O) groups is 1. The minimum Gasteiger partial charge on any atom is -0.406 e. The first kappa shape index (κ1) is 21.6. The molecule has 2 aromatic rings. The summed E-state index contributed by atoms with van der Waals surface area (Å²) >= 11 is 0. The first-order valence-electron chi connectivity index (χ1n) is 8.11. The summed E-state index contributed by atoms with van der Waals surface area (Å²) in [5, 5.41) is 0. The van der Waals surface area contributed by atoms with Gasteiger partial charge in [0.25, 0.3) is 0 Å². The predicted octanol–water partition coefficient (Wildman–Crippen LogP) is 5.96. The maximum absolute atomic E-state index is 12.6. The van der Waals surface area contributed by atoms with Crippen LogP contribution in [-0.2, 0) is 4.79 Å². The van der Waals surface area contributed by atoms with E-state index in [4.69, 9.17) is 0 Å². The van der Waals surface area contributed by atoms with Crippen LogP contribution in [0.1, 0.15) is 36.8 Å². The molecule has 0 saturated carbocycles. The molecule has 2 unspecified atom stereocenters. The van der Waals surface area contributed by atoms with E-state index in [2.05, 4.69) is 9.47 Å². The number of rotatable bonds is 6. The Morgan fingerprint density at radius 1 is 0.679 bits per heavy atom. The minimum absolute atomic E-state index is 0.242. The second kappa shape index (κ2) is 8.12. The molecule has 0 saturated heterocycles. The number of benzene rings is 2. The van der Waals surface area contributed by atoms with Gasteiger partial charge in [-0.1, -0.05) is 38.1 Å². The topological polar surface area (TPSA) is 35.5 Å². The zero-order chi connectivity index (χ0) is 21.1. The highest BCUT2D eigenvalue weighted by molar-refractivity contribution is 5.91. The number of carbonyl (C=O) groups excluding carboxylic acids is 1. The molecule has 0 aromatic heterocycles. The first-order chi connectivity index (χ1) is 12.9. The molecule has 152 valence electrons. The molecule has 28 heavy (non-hydrogen) atoms. The fourth-order valence-electron chi connectivity index (χ4n) is 2.62. The van der Waals surface area contributed by atoms with Gasteiger partial charge in [0.1, 0.15) is 17.3 Å². The van der Waals surface area contributed by atoms with Crippen LogP contribution in [0.5, 0.6) is 11.5 Å². The predicted molar refractivity (Wildman–Crippen MR) is 88.1 cm³/mol. The number of ketones is 1. The smallest absolute Gasteiger partial charge is 0.406 e. The summed E-state index contributed by atoms with van der Waals surface area (Å²) < 4.78 is 80.7. The van der Waals surface area contributed by atoms with Crippen LogP contribution < -0.4 is 9.47 Å². The van der Waals surface area contributed by atoms with Crippen LogP contribution in [0.3, 0.4) is 0 Å². The minimum atomic E-state index is -4.81. The van der Waals surface area contributed by atoms with Gasteiger partial charge in [-0.15, -0.1) is 26.3 Å². The monoisotopic (exact) mass is 406 g/mol. The Kier molecular flexibility index (Phi) is 6.26. The molecule has 0 aliphatic rings. The summed E-state index contributed by atoms with van der Waals surface area (Å²) in [7, 11) is 0. The maximum Gasteiger partial charge on any atom is 0.573 e. The van der Waals surface area contributed by atoms with Crippen LogP contribution in [0.2, 0.25) is 0 Å². The SMILES string of the molecule is CC(C(=O)C(C)c1ccc(OC(F)(F)F)cc1)c1ccc(OC(F)(F)F)cc1. The highest BCUT2D eigenvalue weighted by atomic mass is 19.4. The van der Waals surface area contributed by atoms with Crippen molar-refractivity contribution in [3.63, 3.8) is 0 Å². The standard InChI is InChI=1S/C19H16F6O3/c1-11(13-3-7-15(8-4-13)27-18(20,21)22)17(26)12(2)14-5-9-16(10-6-14)28-19(23,24)25/h3-12H,1-2H3. The van der Waals surface area contributed by atoms with Gasteiger partial charge < -0.3 is 9.47 Å². The van der Waals surface area contributed by atoms with Crippen LogP contribution in [0.4, 0.5) is 26.3 Å². The summed E-state index contributed by atoms with van der Waals surface area (Å²) in [4.78, 5) is 12.6. The van der Waals surface area contributed by atoms with Crippen molar-refractivity contribution in [2.24, 2.45) is 0 Å². The molecule has 0 heterocycles. The number of ether oxygens (including phenoxy) is 2. The lowest BCUT2D eigenvalue weighted by atomic mass is 9.86. The Morgan fingerprint density at radius 2 is 0.964 bits per heavy atom.